The highest BCUT2D eigenvalue weighted by Crippen LogP contribution is 2.47. The lowest BCUT2D eigenvalue weighted by atomic mass is 9.73. The molecule has 4 rings (SSSR count). The summed E-state index contributed by atoms with van der Waals surface area (Å²) in [4.78, 5) is 26.2. The maximum atomic E-state index is 13.3. The fourth-order valence-electron chi connectivity index (χ4n) is 5.52. The number of carboxylic acid groups (broad SMARTS) is 1. The van der Waals surface area contributed by atoms with E-state index in [0.29, 0.717) is 0 Å². The Balaban J connectivity index is 1.63. The first-order valence-corrected chi connectivity index (χ1v) is 11.0. The summed E-state index contributed by atoms with van der Waals surface area (Å²) in [7, 11) is 0. The lowest BCUT2D eigenvalue weighted by Gasteiger charge is -2.33. The highest BCUT2D eigenvalue weighted by atomic mass is 16.4. The van der Waals surface area contributed by atoms with Crippen LogP contribution in [0.5, 0.6) is 0 Å². The zero-order valence-electron chi connectivity index (χ0n) is 16.7. The van der Waals surface area contributed by atoms with Gasteiger partial charge in [-0.15, -0.1) is 0 Å². The van der Waals surface area contributed by atoms with Crippen molar-refractivity contribution in [2.24, 2.45) is 5.92 Å². The van der Waals surface area contributed by atoms with Gasteiger partial charge in [-0.05, 0) is 55.5 Å². The van der Waals surface area contributed by atoms with Gasteiger partial charge >= 0.3 is 5.97 Å². The molecular weight excluding hydrogens is 352 g/mol. The van der Waals surface area contributed by atoms with Crippen LogP contribution < -0.4 is 10.2 Å². The number of carbonyl (C=O) groups is 2. The molecule has 0 radical (unpaired) electrons. The normalized spacial score (nSPS) is 22.7. The van der Waals surface area contributed by atoms with Gasteiger partial charge in [0.05, 0.1) is 5.41 Å². The maximum Gasteiger partial charge on any atom is 0.323 e. The van der Waals surface area contributed by atoms with Crippen molar-refractivity contribution in [3.8, 4) is 0 Å². The van der Waals surface area contributed by atoms with E-state index >= 15 is 0 Å². The molecule has 1 saturated heterocycles. The van der Waals surface area contributed by atoms with Gasteiger partial charge in [0.25, 0.3) is 0 Å². The zero-order valence-corrected chi connectivity index (χ0v) is 16.7. The van der Waals surface area contributed by atoms with Crippen LogP contribution in [0.15, 0.2) is 18.2 Å². The number of benzene rings is 1. The van der Waals surface area contributed by atoms with Crippen molar-refractivity contribution < 1.29 is 14.7 Å². The minimum atomic E-state index is -0.955. The average molecular weight is 385 g/mol. The van der Waals surface area contributed by atoms with Gasteiger partial charge in [0.2, 0.25) is 5.91 Å². The van der Waals surface area contributed by atoms with Gasteiger partial charge in [0.1, 0.15) is 6.54 Å². The van der Waals surface area contributed by atoms with E-state index < -0.39 is 11.4 Å². The molecule has 2 N–H and O–H groups in total. The van der Waals surface area contributed by atoms with Crippen LogP contribution in [-0.2, 0) is 21.4 Å². The number of hydrogen-bond acceptors (Lipinski definition) is 3. The van der Waals surface area contributed by atoms with E-state index in [9.17, 15) is 14.7 Å². The van der Waals surface area contributed by atoms with Crippen LogP contribution in [-0.4, -0.2) is 36.6 Å². The molecule has 0 aromatic heterocycles. The molecule has 5 heteroatoms. The Bertz CT molecular complexity index is 731. The van der Waals surface area contributed by atoms with Gasteiger partial charge in [0.15, 0.2) is 0 Å². The van der Waals surface area contributed by atoms with Gasteiger partial charge in [-0.25, -0.2) is 0 Å². The van der Waals surface area contributed by atoms with Crippen molar-refractivity contribution in [2.45, 2.75) is 69.6 Å². The average Bonchev–Trinajstić information content (AvgIpc) is 2.87. The number of carbonyl (C=O) groups excluding carboxylic acids is 1. The molecule has 0 bridgehead atoms. The van der Waals surface area contributed by atoms with E-state index in [1.165, 1.54) is 55.4 Å². The van der Waals surface area contributed by atoms with Crippen LogP contribution in [0.25, 0.3) is 0 Å². The fourth-order valence-corrected chi connectivity index (χ4v) is 5.52. The summed E-state index contributed by atoms with van der Waals surface area (Å²) in [6.07, 6.45) is 11.9. The molecule has 5 nitrogen and oxygen atoms in total. The van der Waals surface area contributed by atoms with E-state index in [1.54, 1.807) is 0 Å². The Morgan fingerprint density at radius 3 is 2.46 bits per heavy atom. The highest BCUT2D eigenvalue weighted by molar-refractivity contribution is 6.10. The lowest BCUT2D eigenvalue weighted by molar-refractivity contribution is -0.137. The predicted molar refractivity (Wildman–Crippen MR) is 110 cm³/mol. The molecule has 0 atom stereocenters. The molecule has 2 aliphatic heterocycles. The number of anilines is 1. The summed E-state index contributed by atoms with van der Waals surface area (Å²) < 4.78 is 0. The van der Waals surface area contributed by atoms with Crippen LogP contribution in [0.3, 0.4) is 0 Å². The standard InChI is InChI=1S/C23H32N2O3/c26-21(27)16-25-20-9-8-18(14-17-6-4-2-1-3-5-7-17)15-19(20)23(22(25)28)10-12-24-13-11-23/h8-9,15,17,24H,1-7,10-14,16H2,(H,26,27). The molecule has 1 aliphatic carbocycles. The largest absolute Gasteiger partial charge is 0.480 e. The first kappa shape index (κ1) is 19.4. The van der Waals surface area contributed by atoms with Crippen molar-refractivity contribution in [3.63, 3.8) is 0 Å². The van der Waals surface area contributed by atoms with Crippen molar-refractivity contribution in [2.75, 3.05) is 24.5 Å². The summed E-state index contributed by atoms with van der Waals surface area (Å²) in [5, 5.41) is 12.7. The summed E-state index contributed by atoms with van der Waals surface area (Å²) in [6.45, 7) is 1.36. The van der Waals surface area contributed by atoms with Gasteiger partial charge < -0.3 is 15.3 Å². The molecule has 3 aliphatic rings. The maximum absolute atomic E-state index is 13.3. The first-order chi connectivity index (χ1) is 13.6. The minimum absolute atomic E-state index is 0.0190. The van der Waals surface area contributed by atoms with Crippen molar-refractivity contribution in [3.05, 3.63) is 29.3 Å². The number of fused-ring (bicyclic) bond motifs is 2. The molecule has 0 unspecified atom stereocenters. The summed E-state index contributed by atoms with van der Waals surface area (Å²) in [5.74, 6) is -0.243. The monoisotopic (exact) mass is 384 g/mol. The number of rotatable bonds is 4. The second kappa shape index (κ2) is 8.24. The summed E-state index contributed by atoms with van der Waals surface area (Å²) >= 11 is 0. The van der Waals surface area contributed by atoms with Crippen molar-refractivity contribution >= 4 is 17.6 Å². The van der Waals surface area contributed by atoms with E-state index in [4.69, 9.17) is 0 Å². The number of carboxylic acids is 1. The van der Waals surface area contributed by atoms with Crippen molar-refractivity contribution in [1.82, 2.24) is 5.32 Å². The van der Waals surface area contributed by atoms with E-state index in [1.807, 2.05) is 6.07 Å². The fraction of sp³-hybridized carbons (Fsp3) is 0.652. The molecule has 1 aromatic carbocycles. The van der Waals surface area contributed by atoms with Gasteiger partial charge in [-0.2, -0.15) is 0 Å². The Morgan fingerprint density at radius 2 is 1.79 bits per heavy atom. The Hall–Kier alpha value is -1.88. The Labute approximate surface area is 167 Å². The van der Waals surface area contributed by atoms with Crippen LogP contribution in [0.1, 0.15) is 68.9 Å². The van der Waals surface area contributed by atoms with E-state index in [2.05, 4.69) is 17.4 Å². The van der Waals surface area contributed by atoms with Crippen LogP contribution in [0.2, 0.25) is 0 Å². The number of hydrogen-bond donors (Lipinski definition) is 2. The quantitative estimate of drug-likeness (QED) is 0.831. The third-order valence-electron chi connectivity index (χ3n) is 7.02. The molecule has 28 heavy (non-hydrogen) atoms. The molecular formula is C23H32N2O3. The second-order valence-corrected chi connectivity index (χ2v) is 8.88. The molecule has 1 aromatic rings. The molecule has 1 amide bonds. The van der Waals surface area contributed by atoms with Crippen LogP contribution >= 0.6 is 0 Å². The molecule has 1 saturated carbocycles. The lowest BCUT2D eigenvalue weighted by Crippen LogP contribution is -2.48. The van der Waals surface area contributed by atoms with E-state index in [0.717, 1.165) is 49.5 Å². The number of piperidine rings is 1. The SMILES string of the molecule is O=C(O)CN1C(=O)C2(CCNCC2)c2cc(CC3CCCCCCC3)ccc21. The van der Waals surface area contributed by atoms with E-state index in [-0.39, 0.29) is 12.5 Å². The van der Waals surface area contributed by atoms with Crippen molar-refractivity contribution in [1.29, 1.82) is 0 Å². The summed E-state index contributed by atoms with van der Waals surface area (Å²) in [6, 6.07) is 6.37. The Morgan fingerprint density at radius 1 is 1.11 bits per heavy atom. The van der Waals surface area contributed by atoms with Gasteiger partial charge in [-0.3, -0.25) is 9.59 Å². The third-order valence-corrected chi connectivity index (χ3v) is 7.02. The van der Waals surface area contributed by atoms with Gasteiger partial charge in [0, 0.05) is 5.69 Å². The molecule has 2 fully saturated rings. The van der Waals surface area contributed by atoms with Crippen LogP contribution in [0, 0.1) is 5.92 Å². The predicted octanol–water partition coefficient (Wildman–Crippen LogP) is 3.64. The number of nitrogens with zero attached hydrogens (tertiary/aromatic N) is 1. The number of nitrogens with one attached hydrogen (secondary N) is 1. The molecule has 1 spiro atoms. The molecule has 152 valence electrons. The zero-order chi connectivity index (χ0) is 19.6. The highest BCUT2D eigenvalue weighted by Gasteiger charge is 2.51. The summed E-state index contributed by atoms with van der Waals surface area (Å²) in [5.41, 5.74) is 2.67. The molecule has 2 heterocycles. The van der Waals surface area contributed by atoms with Crippen LogP contribution in [0.4, 0.5) is 5.69 Å². The topological polar surface area (TPSA) is 69.6 Å². The smallest absolute Gasteiger partial charge is 0.323 e. The first-order valence-electron chi connectivity index (χ1n) is 11.0. The third kappa shape index (κ3) is 3.69. The number of aliphatic carboxylic acids is 1. The number of amides is 1. The minimum Gasteiger partial charge on any atom is -0.480 e. The second-order valence-electron chi connectivity index (χ2n) is 8.88. The Kier molecular flexibility index (Phi) is 5.72. The van der Waals surface area contributed by atoms with Gasteiger partial charge in [-0.1, -0.05) is 57.1 Å².